The van der Waals surface area contributed by atoms with Crippen molar-refractivity contribution in [2.75, 3.05) is 27.2 Å². The number of fused-ring (bicyclic) bond motifs is 1. The Hall–Kier alpha value is -2.78. The number of aromatic nitrogens is 1. The molecule has 140 valence electrons. The van der Waals surface area contributed by atoms with E-state index in [9.17, 15) is 14.4 Å². The molecule has 27 heavy (non-hydrogen) atoms. The molecular formula is C18H17N3O4S2. The lowest BCUT2D eigenvalue weighted by atomic mass is 10.3. The van der Waals surface area contributed by atoms with Crippen LogP contribution < -0.4 is 5.32 Å². The number of hydrogen-bond acceptors (Lipinski definition) is 7. The number of para-hydroxylation sites is 1. The summed E-state index contributed by atoms with van der Waals surface area (Å²) in [7, 11) is 2.96. The Morgan fingerprint density at radius 2 is 1.93 bits per heavy atom. The van der Waals surface area contributed by atoms with Crippen LogP contribution >= 0.6 is 22.7 Å². The molecule has 0 aliphatic rings. The molecule has 2 heterocycles. The van der Waals surface area contributed by atoms with E-state index in [4.69, 9.17) is 4.74 Å². The van der Waals surface area contributed by atoms with Gasteiger partial charge in [-0.15, -0.1) is 22.7 Å². The summed E-state index contributed by atoms with van der Waals surface area (Å²) in [6.45, 7) is -0.506. The second kappa shape index (κ2) is 8.28. The van der Waals surface area contributed by atoms with E-state index >= 15 is 0 Å². The number of carbonyl (C=O) groups is 3. The fraction of sp³-hybridized carbons (Fsp3) is 0.222. The van der Waals surface area contributed by atoms with Gasteiger partial charge in [0.1, 0.15) is 9.88 Å². The van der Waals surface area contributed by atoms with E-state index in [0.29, 0.717) is 4.88 Å². The lowest BCUT2D eigenvalue weighted by Crippen LogP contribution is -2.39. The van der Waals surface area contributed by atoms with Crippen LogP contribution in [0.25, 0.3) is 20.1 Å². The van der Waals surface area contributed by atoms with Crippen molar-refractivity contribution in [3.63, 3.8) is 0 Å². The molecule has 3 rings (SSSR count). The molecule has 0 aliphatic carbocycles. The van der Waals surface area contributed by atoms with Gasteiger partial charge >= 0.3 is 5.97 Å². The number of nitrogens with zero attached hydrogens (tertiary/aromatic N) is 2. The minimum atomic E-state index is -0.575. The van der Waals surface area contributed by atoms with Crippen molar-refractivity contribution in [2.45, 2.75) is 0 Å². The first-order chi connectivity index (χ1) is 13.0. The fourth-order valence-electron chi connectivity index (χ4n) is 2.23. The van der Waals surface area contributed by atoms with Gasteiger partial charge in [-0.3, -0.25) is 9.59 Å². The molecule has 0 aliphatic heterocycles. The quantitative estimate of drug-likeness (QED) is 0.639. The summed E-state index contributed by atoms with van der Waals surface area (Å²) in [5.41, 5.74) is 0.916. The lowest BCUT2D eigenvalue weighted by molar-refractivity contribution is -0.137. The highest BCUT2D eigenvalue weighted by Gasteiger charge is 2.18. The molecule has 1 aromatic carbocycles. The summed E-state index contributed by atoms with van der Waals surface area (Å²) in [6.07, 6.45) is 0. The van der Waals surface area contributed by atoms with E-state index in [1.54, 1.807) is 17.4 Å². The SMILES string of the molecule is CNC(=O)CN(C)C(=O)COC(=O)c1ccc(-c2nc3ccccc3s2)s1. The van der Waals surface area contributed by atoms with Crippen LogP contribution in [0.1, 0.15) is 9.67 Å². The van der Waals surface area contributed by atoms with E-state index < -0.39 is 18.5 Å². The molecule has 9 heteroatoms. The van der Waals surface area contributed by atoms with E-state index in [1.165, 1.54) is 30.3 Å². The summed E-state index contributed by atoms with van der Waals surface area (Å²) in [6, 6.07) is 11.3. The lowest BCUT2D eigenvalue weighted by Gasteiger charge is -2.15. The van der Waals surface area contributed by atoms with Gasteiger partial charge in [-0.05, 0) is 24.3 Å². The third kappa shape index (κ3) is 4.50. The van der Waals surface area contributed by atoms with Crippen molar-refractivity contribution < 1.29 is 19.1 Å². The van der Waals surface area contributed by atoms with Gasteiger partial charge in [0.2, 0.25) is 5.91 Å². The Morgan fingerprint density at radius 3 is 2.67 bits per heavy atom. The monoisotopic (exact) mass is 403 g/mol. The van der Waals surface area contributed by atoms with E-state index in [-0.39, 0.29) is 12.5 Å². The smallest absolute Gasteiger partial charge is 0.348 e. The number of benzene rings is 1. The molecule has 0 atom stereocenters. The van der Waals surface area contributed by atoms with Crippen molar-refractivity contribution in [3.05, 3.63) is 41.3 Å². The van der Waals surface area contributed by atoms with Crippen molar-refractivity contribution in [2.24, 2.45) is 0 Å². The highest BCUT2D eigenvalue weighted by atomic mass is 32.1. The summed E-state index contributed by atoms with van der Waals surface area (Å²) < 4.78 is 6.14. The number of amides is 2. The number of carbonyl (C=O) groups excluding carboxylic acids is 3. The van der Waals surface area contributed by atoms with Crippen LogP contribution in [0.15, 0.2) is 36.4 Å². The van der Waals surface area contributed by atoms with Crippen LogP contribution in [0.5, 0.6) is 0 Å². The Morgan fingerprint density at radius 1 is 1.15 bits per heavy atom. The maximum atomic E-state index is 12.2. The zero-order valence-corrected chi connectivity index (χ0v) is 16.4. The number of rotatable bonds is 6. The third-order valence-electron chi connectivity index (χ3n) is 3.72. The van der Waals surface area contributed by atoms with Crippen LogP contribution in [0.2, 0.25) is 0 Å². The minimum Gasteiger partial charge on any atom is -0.451 e. The molecule has 2 amide bonds. The summed E-state index contributed by atoms with van der Waals surface area (Å²) >= 11 is 2.82. The Bertz CT molecular complexity index is 962. The molecular weight excluding hydrogens is 386 g/mol. The summed E-state index contributed by atoms with van der Waals surface area (Å²) in [4.78, 5) is 42.4. The van der Waals surface area contributed by atoms with Crippen LogP contribution in [-0.2, 0) is 14.3 Å². The van der Waals surface area contributed by atoms with E-state index in [2.05, 4.69) is 10.3 Å². The Labute approximate surface area is 163 Å². The van der Waals surface area contributed by atoms with Crippen molar-refractivity contribution in [3.8, 4) is 9.88 Å². The molecule has 7 nitrogen and oxygen atoms in total. The number of ether oxygens (including phenoxy) is 1. The predicted molar refractivity (Wildman–Crippen MR) is 105 cm³/mol. The molecule has 0 saturated carbocycles. The minimum absolute atomic E-state index is 0.0896. The van der Waals surface area contributed by atoms with Crippen molar-refractivity contribution in [1.29, 1.82) is 0 Å². The van der Waals surface area contributed by atoms with Crippen LogP contribution in [-0.4, -0.2) is 54.9 Å². The molecule has 0 fully saturated rings. The first kappa shape index (κ1) is 19.0. The standard InChI is InChI=1S/C18H17N3O4S2/c1-19-15(22)9-21(2)16(23)10-25-18(24)14-8-7-13(26-14)17-20-11-5-3-4-6-12(11)27-17/h3-8H,9-10H2,1-2H3,(H,19,22). The first-order valence-corrected chi connectivity index (χ1v) is 9.68. The number of esters is 1. The zero-order valence-electron chi connectivity index (χ0n) is 14.7. The maximum absolute atomic E-state index is 12.2. The third-order valence-corrected chi connectivity index (χ3v) is 5.99. The number of likely N-dealkylation sites (N-methyl/N-ethyl adjacent to an activating group) is 2. The molecule has 2 aromatic heterocycles. The number of thiophene rings is 1. The van der Waals surface area contributed by atoms with Gasteiger partial charge in [-0.1, -0.05) is 12.1 Å². The Balaban J connectivity index is 1.61. The fourth-order valence-corrected chi connectivity index (χ4v) is 4.15. The average molecular weight is 403 g/mol. The number of nitrogens with one attached hydrogen (secondary N) is 1. The van der Waals surface area contributed by atoms with Gasteiger partial charge in [-0.25, -0.2) is 9.78 Å². The number of hydrogen-bond donors (Lipinski definition) is 1. The first-order valence-electron chi connectivity index (χ1n) is 8.05. The Kier molecular flexibility index (Phi) is 5.82. The highest BCUT2D eigenvalue weighted by molar-refractivity contribution is 7.26. The highest BCUT2D eigenvalue weighted by Crippen LogP contribution is 2.34. The molecule has 0 spiro atoms. The van der Waals surface area contributed by atoms with Gasteiger partial charge in [0.25, 0.3) is 5.91 Å². The predicted octanol–water partition coefficient (Wildman–Crippen LogP) is 2.39. The van der Waals surface area contributed by atoms with Gasteiger partial charge in [-0.2, -0.15) is 0 Å². The van der Waals surface area contributed by atoms with Crippen LogP contribution in [0.4, 0.5) is 0 Å². The molecule has 0 unspecified atom stereocenters. The van der Waals surface area contributed by atoms with E-state index in [1.807, 2.05) is 30.3 Å². The average Bonchev–Trinajstić information content (AvgIpc) is 3.32. The zero-order chi connectivity index (χ0) is 19.4. The van der Waals surface area contributed by atoms with Gasteiger partial charge in [0, 0.05) is 14.1 Å². The van der Waals surface area contributed by atoms with Crippen molar-refractivity contribution >= 4 is 50.7 Å². The van der Waals surface area contributed by atoms with Crippen LogP contribution in [0.3, 0.4) is 0 Å². The topological polar surface area (TPSA) is 88.6 Å². The summed E-state index contributed by atoms with van der Waals surface area (Å²) in [5, 5.41) is 3.26. The number of thiazole rings is 1. The molecule has 1 N–H and O–H groups in total. The molecule has 0 bridgehead atoms. The van der Waals surface area contributed by atoms with Gasteiger partial charge in [0.05, 0.1) is 21.6 Å². The second-order valence-corrected chi connectivity index (χ2v) is 7.76. The summed E-state index contributed by atoms with van der Waals surface area (Å²) in [5.74, 6) is -1.32. The maximum Gasteiger partial charge on any atom is 0.348 e. The molecule has 0 saturated heterocycles. The normalized spacial score (nSPS) is 10.6. The van der Waals surface area contributed by atoms with Gasteiger partial charge < -0.3 is 15.0 Å². The molecule has 0 radical (unpaired) electrons. The van der Waals surface area contributed by atoms with E-state index in [0.717, 1.165) is 20.1 Å². The molecule has 3 aromatic rings. The van der Waals surface area contributed by atoms with Gasteiger partial charge in [0.15, 0.2) is 6.61 Å². The largest absolute Gasteiger partial charge is 0.451 e. The van der Waals surface area contributed by atoms with Crippen LogP contribution in [0, 0.1) is 0 Å². The van der Waals surface area contributed by atoms with Crippen molar-refractivity contribution in [1.82, 2.24) is 15.2 Å². The second-order valence-electron chi connectivity index (χ2n) is 5.65.